The number of halogens is 1. The van der Waals surface area contributed by atoms with Crippen LogP contribution in [0.1, 0.15) is 24.3 Å². The summed E-state index contributed by atoms with van der Waals surface area (Å²) in [4.78, 5) is 0. The van der Waals surface area contributed by atoms with Gasteiger partial charge in [-0.2, -0.15) is 0 Å². The molecule has 90 valence electrons. The van der Waals surface area contributed by atoms with E-state index < -0.39 is 0 Å². The molecule has 0 amide bonds. The van der Waals surface area contributed by atoms with Crippen molar-refractivity contribution in [2.45, 2.75) is 18.8 Å². The van der Waals surface area contributed by atoms with Gasteiger partial charge < -0.3 is 4.42 Å². The summed E-state index contributed by atoms with van der Waals surface area (Å²) in [6.07, 6.45) is 3.77. The number of benzene rings is 1. The summed E-state index contributed by atoms with van der Waals surface area (Å²) >= 11 is 0. The van der Waals surface area contributed by atoms with Gasteiger partial charge in [-0.05, 0) is 37.0 Å². The third-order valence-electron chi connectivity index (χ3n) is 3.53. The zero-order valence-corrected chi connectivity index (χ0v) is 9.53. The topological polar surface area (TPSA) is 42.4 Å². The first-order valence-corrected chi connectivity index (χ1v) is 5.90. The van der Waals surface area contributed by atoms with Crippen molar-refractivity contribution in [2.75, 3.05) is 13.1 Å². The molecule has 0 unspecified atom stereocenters. The normalized spacial score (nSPS) is 18.9. The SMILES string of the molecule is NN1CCC(c2coc3ccc(F)cc23)CC1. The van der Waals surface area contributed by atoms with Crippen LogP contribution in [0.2, 0.25) is 0 Å². The molecule has 2 heterocycles. The Kier molecular flexibility index (Phi) is 2.61. The van der Waals surface area contributed by atoms with Crippen molar-refractivity contribution >= 4 is 11.0 Å². The van der Waals surface area contributed by atoms with Gasteiger partial charge in [0.25, 0.3) is 0 Å². The van der Waals surface area contributed by atoms with Crippen molar-refractivity contribution in [1.82, 2.24) is 5.01 Å². The molecule has 0 saturated carbocycles. The minimum atomic E-state index is -0.212. The van der Waals surface area contributed by atoms with E-state index in [0.29, 0.717) is 5.92 Å². The van der Waals surface area contributed by atoms with Crippen molar-refractivity contribution in [3.05, 3.63) is 35.8 Å². The van der Waals surface area contributed by atoms with E-state index in [4.69, 9.17) is 10.3 Å². The van der Waals surface area contributed by atoms with Gasteiger partial charge in [-0.15, -0.1) is 0 Å². The Morgan fingerprint density at radius 3 is 2.82 bits per heavy atom. The van der Waals surface area contributed by atoms with E-state index in [1.165, 1.54) is 6.07 Å². The first kappa shape index (κ1) is 10.7. The van der Waals surface area contributed by atoms with Crippen LogP contribution in [0.5, 0.6) is 0 Å². The summed E-state index contributed by atoms with van der Waals surface area (Å²) in [7, 11) is 0. The molecule has 0 atom stereocenters. The number of fused-ring (bicyclic) bond motifs is 1. The molecule has 2 N–H and O–H groups in total. The lowest BCUT2D eigenvalue weighted by Gasteiger charge is -2.28. The highest BCUT2D eigenvalue weighted by Crippen LogP contribution is 2.34. The first-order valence-electron chi connectivity index (χ1n) is 5.90. The lowest BCUT2D eigenvalue weighted by atomic mass is 9.90. The summed E-state index contributed by atoms with van der Waals surface area (Å²) in [5.41, 5.74) is 1.88. The van der Waals surface area contributed by atoms with Gasteiger partial charge in [0.1, 0.15) is 11.4 Å². The molecule has 1 saturated heterocycles. The predicted octanol–water partition coefficient (Wildman–Crippen LogP) is 2.63. The Balaban J connectivity index is 1.97. The fraction of sp³-hybridized carbons (Fsp3) is 0.385. The lowest BCUT2D eigenvalue weighted by Crippen LogP contribution is -2.38. The minimum absolute atomic E-state index is 0.212. The number of rotatable bonds is 1. The zero-order chi connectivity index (χ0) is 11.8. The number of furan rings is 1. The molecule has 3 nitrogen and oxygen atoms in total. The van der Waals surface area contributed by atoms with E-state index in [-0.39, 0.29) is 5.82 Å². The summed E-state index contributed by atoms with van der Waals surface area (Å²) in [5, 5.41) is 2.74. The second-order valence-electron chi connectivity index (χ2n) is 4.64. The standard InChI is InChI=1S/C13H15FN2O/c14-10-1-2-13-11(7-10)12(8-17-13)9-3-5-16(15)6-4-9/h1-2,7-9H,3-6,15H2. The summed E-state index contributed by atoms with van der Waals surface area (Å²) < 4.78 is 18.7. The molecule has 0 radical (unpaired) electrons. The van der Waals surface area contributed by atoms with Crippen molar-refractivity contribution in [2.24, 2.45) is 5.84 Å². The monoisotopic (exact) mass is 234 g/mol. The fourth-order valence-electron chi connectivity index (χ4n) is 2.55. The molecule has 1 aliphatic heterocycles. The molecule has 0 spiro atoms. The van der Waals surface area contributed by atoms with Crippen LogP contribution in [0.25, 0.3) is 11.0 Å². The van der Waals surface area contributed by atoms with Crippen LogP contribution in [0.3, 0.4) is 0 Å². The van der Waals surface area contributed by atoms with Crippen LogP contribution in [0.15, 0.2) is 28.9 Å². The van der Waals surface area contributed by atoms with E-state index in [1.54, 1.807) is 18.4 Å². The van der Waals surface area contributed by atoms with Gasteiger partial charge in [0.2, 0.25) is 0 Å². The fourth-order valence-corrected chi connectivity index (χ4v) is 2.55. The summed E-state index contributed by atoms with van der Waals surface area (Å²) in [5.74, 6) is 5.95. The molecule has 3 rings (SSSR count). The summed E-state index contributed by atoms with van der Waals surface area (Å²) in [6, 6.07) is 4.67. The Morgan fingerprint density at radius 2 is 2.06 bits per heavy atom. The van der Waals surface area contributed by atoms with Crippen LogP contribution in [-0.2, 0) is 0 Å². The highest BCUT2D eigenvalue weighted by Gasteiger charge is 2.22. The average molecular weight is 234 g/mol. The number of hydrogen-bond acceptors (Lipinski definition) is 3. The van der Waals surface area contributed by atoms with E-state index >= 15 is 0 Å². The number of hydrazine groups is 1. The van der Waals surface area contributed by atoms with Gasteiger partial charge in [-0.1, -0.05) is 0 Å². The smallest absolute Gasteiger partial charge is 0.134 e. The Hall–Kier alpha value is -1.39. The molecule has 1 fully saturated rings. The summed E-state index contributed by atoms with van der Waals surface area (Å²) in [6.45, 7) is 1.76. The van der Waals surface area contributed by atoms with Crippen LogP contribution in [0.4, 0.5) is 4.39 Å². The van der Waals surface area contributed by atoms with Crippen molar-refractivity contribution in [3.8, 4) is 0 Å². The quantitative estimate of drug-likeness (QED) is 0.771. The Bertz CT molecular complexity index is 529. The molecule has 2 aromatic rings. The van der Waals surface area contributed by atoms with Crippen LogP contribution >= 0.6 is 0 Å². The molecule has 1 aromatic heterocycles. The van der Waals surface area contributed by atoms with E-state index in [0.717, 1.165) is 42.5 Å². The second kappa shape index (κ2) is 4.13. The van der Waals surface area contributed by atoms with Gasteiger partial charge in [0.15, 0.2) is 0 Å². The molecular formula is C13H15FN2O. The Morgan fingerprint density at radius 1 is 1.29 bits per heavy atom. The maximum atomic E-state index is 13.3. The average Bonchev–Trinajstić information content (AvgIpc) is 2.73. The Labute approximate surface area is 99.0 Å². The van der Waals surface area contributed by atoms with E-state index in [1.807, 2.05) is 5.01 Å². The van der Waals surface area contributed by atoms with E-state index in [9.17, 15) is 4.39 Å². The molecular weight excluding hydrogens is 219 g/mol. The van der Waals surface area contributed by atoms with E-state index in [2.05, 4.69) is 0 Å². The maximum absolute atomic E-state index is 13.3. The molecule has 0 aliphatic carbocycles. The molecule has 17 heavy (non-hydrogen) atoms. The molecule has 0 bridgehead atoms. The van der Waals surface area contributed by atoms with Crippen molar-refractivity contribution < 1.29 is 8.81 Å². The van der Waals surface area contributed by atoms with Crippen molar-refractivity contribution in [1.29, 1.82) is 0 Å². The molecule has 1 aromatic carbocycles. The predicted molar refractivity (Wildman–Crippen MR) is 63.9 cm³/mol. The van der Waals surface area contributed by atoms with Crippen molar-refractivity contribution in [3.63, 3.8) is 0 Å². The van der Waals surface area contributed by atoms with Crippen LogP contribution < -0.4 is 5.84 Å². The number of nitrogens with two attached hydrogens (primary N) is 1. The third kappa shape index (κ3) is 1.94. The highest BCUT2D eigenvalue weighted by molar-refractivity contribution is 5.81. The third-order valence-corrected chi connectivity index (χ3v) is 3.53. The van der Waals surface area contributed by atoms with Crippen LogP contribution in [-0.4, -0.2) is 18.1 Å². The lowest BCUT2D eigenvalue weighted by molar-refractivity contribution is 0.217. The largest absolute Gasteiger partial charge is 0.464 e. The van der Waals surface area contributed by atoms with Gasteiger partial charge >= 0.3 is 0 Å². The molecule has 4 heteroatoms. The van der Waals surface area contributed by atoms with Gasteiger partial charge in [0, 0.05) is 24.0 Å². The minimum Gasteiger partial charge on any atom is -0.464 e. The maximum Gasteiger partial charge on any atom is 0.134 e. The van der Waals surface area contributed by atoms with Gasteiger partial charge in [-0.25, -0.2) is 9.40 Å². The van der Waals surface area contributed by atoms with Gasteiger partial charge in [0.05, 0.1) is 6.26 Å². The molecule has 1 aliphatic rings. The zero-order valence-electron chi connectivity index (χ0n) is 9.53. The number of hydrogen-bond donors (Lipinski definition) is 1. The van der Waals surface area contributed by atoms with Crippen LogP contribution in [0, 0.1) is 5.82 Å². The number of piperidine rings is 1. The highest BCUT2D eigenvalue weighted by atomic mass is 19.1. The van der Waals surface area contributed by atoms with Gasteiger partial charge in [-0.3, -0.25) is 5.84 Å². The first-order chi connectivity index (χ1) is 8.24. The second-order valence-corrected chi connectivity index (χ2v) is 4.64. The number of nitrogens with zero attached hydrogens (tertiary/aromatic N) is 1.